The molecule has 7 nitrogen and oxygen atoms in total. The summed E-state index contributed by atoms with van der Waals surface area (Å²) in [6.07, 6.45) is 17.1. The molecular formula is C38H53N3O4. The molecule has 45 heavy (non-hydrogen) atoms. The number of rotatable bonds is 12. The van der Waals surface area contributed by atoms with Crippen molar-refractivity contribution >= 4 is 0 Å². The van der Waals surface area contributed by atoms with Crippen LogP contribution in [-0.4, -0.2) is 45.7 Å². The molecule has 5 unspecified atom stereocenters. The molecule has 1 fully saturated rings. The van der Waals surface area contributed by atoms with E-state index in [2.05, 4.69) is 53.4 Å². The van der Waals surface area contributed by atoms with Gasteiger partial charge in [0.05, 0.1) is 24.6 Å². The van der Waals surface area contributed by atoms with Crippen LogP contribution in [0.25, 0.3) is 0 Å². The van der Waals surface area contributed by atoms with Crippen molar-refractivity contribution in [3.63, 3.8) is 0 Å². The number of aliphatic hydroxyl groups excluding tert-OH is 2. The van der Waals surface area contributed by atoms with Crippen LogP contribution in [0.5, 0.6) is 11.5 Å². The van der Waals surface area contributed by atoms with Crippen molar-refractivity contribution in [2.75, 3.05) is 13.2 Å². The second kappa shape index (κ2) is 15.8. The highest BCUT2D eigenvalue weighted by molar-refractivity contribution is 5.42. The Morgan fingerprint density at radius 3 is 2.69 bits per heavy atom. The Kier molecular flexibility index (Phi) is 11.6. The fraction of sp³-hybridized carbons (Fsp3) is 0.579. The van der Waals surface area contributed by atoms with Gasteiger partial charge in [0, 0.05) is 42.1 Å². The topological polar surface area (TPSA) is 124 Å². The summed E-state index contributed by atoms with van der Waals surface area (Å²) in [5.74, 6) is 8.30. The lowest BCUT2D eigenvalue weighted by atomic mass is 9.66. The summed E-state index contributed by atoms with van der Waals surface area (Å²) in [7, 11) is 0. The maximum atomic E-state index is 11.1. The van der Waals surface area contributed by atoms with E-state index in [1.165, 1.54) is 24.1 Å². The second-order valence-electron chi connectivity index (χ2n) is 13.4. The maximum absolute atomic E-state index is 11.1. The van der Waals surface area contributed by atoms with Gasteiger partial charge < -0.3 is 36.1 Å². The molecule has 3 aliphatic rings. The number of benzene rings is 1. The Hall–Kier alpha value is -3.34. The highest BCUT2D eigenvalue weighted by atomic mass is 16.5. The number of aromatic nitrogens is 1. The fourth-order valence-electron chi connectivity index (χ4n) is 7.86. The largest absolute Gasteiger partial charge is 0.504 e. The van der Waals surface area contributed by atoms with E-state index in [4.69, 9.17) is 10.5 Å². The van der Waals surface area contributed by atoms with Crippen molar-refractivity contribution in [3.05, 3.63) is 71.3 Å². The van der Waals surface area contributed by atoms with Gasteiger partial charge in [-0.15, -0.1) is 5.92 Å². The Labute approximate surface area is 269 Å². The number of ether oxygens (including phenoxy) is 1. The molecule has 0 radical (unpaired) electrons. The third-order valence-electron chi connectivity index (χ3n) is 10.5. The van der Waals surface area contributed by atoms with Gasteiger partial charge in [-0.05, 0) is 98.8 Å². The van der Waals surface area contributed by atoms with E-state index in [0.29, 0.717) is 56.3 Å². The van der Waals surface area contributed by atoms with Gasteiger partial charge in [0.15, 0.2) is 11.5 Å². The number of aromatic hydroxyl groups is 1. The van der Waals surface area contributed by atoms with E-state index in [1.807, 2.05) is 18.3 Å². The van der Waals surface area contributed by atoms with Crippen LogP contribution < -0.4 is 15.8 Å². The van der Waals surface area contributed by atoms with E-state index in [1.54, 1.807) is 6.07 Å². The predicted molar refractivity (Wildman–Crippen MR) is 179 cm³/mol. The SMILES string of the molecule is CCC1C#CCC(C(O)CCc2ccc(O)c(OCCC(C3=CCNC(N)=C3)C3(c4ccc[nH]4)CCCC3)c2)C(O)CCCC1. The van der Waals surface area contributed by atoms with Crippen LogP contribution in [0.2, 0.25) is 0 Å². The number of H-pyrrole nitrogens is 1. The Balaban J connectivity index is 1.24. The summed E-state index contributed by atoms with van der Waals surface area (Å²) in [6.45, 7) is 3.35. The molecule has 0 amide bonds. The Bertz CT molecular complexity index is 1350. The third kappa shape index (κ3) is 8.28. The normalized spacial score (nSPS) is 24.7. The summed E-state index contributed by atoms with van der Waals surface area (Å²) in [6, 6.07) is 9.76. The minimum Gasteiger partial charge on any atom is -0.504 e. The van der Waals surface area contributed by atoms with E-state index >= 15 is 0 Å². The predicted octanol–water partition coefficient (Wildman–Crippen LogP) is 6.21. The average Bonchev–Trinajstić information content (AvgIpc) is 3.76. The number of hydrogen-bond donors (Lipinski definition) is 6. The standard InChI is InChI=1S/C38H53N3O4/c1-2-27-9-3-4-12-32(42)30(11-7-10-27)33(43)16-14-28-15-17-34(44)35(25-28)45-24-19-31(29-18-23-41-37(39)26-29)38(20-5-6-21-38)36-13-8-22-40-36/h8,13,15,17-18,22,25-27,30-33,40-44H,2-6,9,11-12,14,16,19-21,23-24,39H2,1H3. The molecule has 1 aliphatic heterocycles. The molecular weight excluding hydrogens is 562 g/mol. The summed E-state index contributed by atoms with van der Waals surface area (Å²) < 4.78 is 6.29. The molecule has 1 aromatic carbocycles. The maximum Gasteiger partial charge on any atom is 0.161 e. The number of allylic oxidation sites excluding steroid dienone is 2. The first-order valence-electron chi connectivity index (χ1n) is 17.2. The zero-order valence-electron chi connectivity index (χ0n) is 26.9. The minimum absolute atomic E-state index is 0.00556. The van der Waals surface area contributed by atoms with Crippen molar-refractivity contribution in [1.29, 1.82) is 0 Å². The highest BCUT2D eigenvalue weighted by Gasteiger charge is 2.44. The van der Waals surface area contributed by atoms with Crippen LogP contribution in [-0.2, 0) is 11.8 Å². The van der Waals surface area contributed by atoms with Crippen molar-refractivity contribution in [2.45, 2.75) is 108 Å². The average molecular weight is 616 g/mol. The first-order valence-corrected chi connectivity index (χ1v) is 17.2. The number of nitrogens with one attached hydrogen (secondary N) is 2. The lowest BCUT2D eigenvalue weighted by Gasteiger charge is -2.39. The highest BCUT2D eigenvalue weighted by Crippen LogP contribution is 2.50. The van der Waals surface area contributed by atoms with Crippen LogP contribution in [0.15, 0.2) is 60.1 Å². The van der Waals surface area contributed by atoms with Gasteiger partial charge in [0.1, 0.15) is 0 Å². The zero-order chi connectivity index (χ0) is 31.6. The van der Waals surface area contributed by atoms with Crippen molar-refractivity contribution < 1.29 is 20.1 Å². The summed E-state index contributed by atoms with van der Waals surface area (Å²) in [5.41, 5.74) is 9.72. The molecule has 0 saturated heterocycles. The monoisotopic (exact) mass is 615 g/mol. The third-order valence-corrected chi connectivity index (χ3v) is 10.5. The summed E-state index contributed by atoms with van der Waals surface area (Å²) in [5, 5.41) is 35.9. The van der Waals surface area contributed by atoms with Crippen LogP contribution in [0.1, 0.15) is 95.2 Å². The molecule has 1 aromatic heterocycles. The van der Waals surface area contributed by atoms with Gasteiger partial charge in [-0.1, -0.05) is 50.7 Å². The van der Waals surface area contributed by atoms with Gasteiger partial charge in [-0.3, -0.25) is 0 Å². The quantitative estimate of drug-likeness (QED) is 0.158. The number of phenolic OH excluding ortho intramolecular Hbond substituents is 1. The summed E-state index contributed by atoms with van der Waals surface area (Å²) >= 11 is 0. The van der Waals surface area contributed by atoms with E-state index in [9.17, 15) is 15.3 Å². The Morgan fingerprint density at radius 1 is 1.11 bits per heavy atom. The van der Waals surface area contributed by atoms with Crippen LogP contribution in [0.4, 0.5) is 0 Å². The molecule has 1 saturated carbocycles. The summed E-state index contributed by atoms with van der Waals surface area (Å²) in [4.78, 5) is 3.52. The number of dihydropyridines is 1. The van der Waals surface area contributed by atoms with Crippen LogP contribution in [0.3, 0.4) is 0 Å². The lowest BCUT2D eigenvalue weighted by molar-refractivity contribution is 0.00559. The molecule has 244 valence electrons. The van der Waals surface area contributed by atoms with Crippen LogP contribution >= 0.6 is 0 Å². The van der Waals surface area contributed by atoms with Crippen molar-refractivity contribution in [2.24, 2.45) is 23.5 Å². The molecule has 2 aromatic rings. The zero-order valence-corrected chi connectivity index (χ0v) is 26.9. The number of nitrogens with two attached hydrogens (primary N) is 1. The number of phenols is 1. The molecule has 7 heteroatoms. The molecule has 7 N–H and O–H groups in total. The van der Waals surface area contributed by atoms with Gasteiger partial charge in [-0.25, -0.2) is 0 Å². The number of aryl methyl sites for hydroxylation is 1. The first-order chi connectivity index (χ1) is 21.9. The molecule has 2 aliphatic carbocycles. The van der Waals surface area contributed by atoms with E-state index in [-0.39, 0.29) is 23.0 Å². The first kappa shape index (κ1) is 33.0. The lowest BCUT2D eigenvalue weighted by Crippen LogP contribution is -2.37. The fourth-order valence-corrected chi connectivity index (χ4v) is 7.86. The molecule has 2 heterocycles. The van der Waals surface area contributed by atoms with Gasteiger partial charge >= 0.3 is 0 Å². The minimum atomic E-state index is -0.651. The number of hydrogen-bond acceptors (Lipinski definition) is 6. The van der Waals surface area contributed by atoms with E-state index < -0.39 is 12.2 Å². The smallest absolute Gasteiger partial charge is 0.161 e. The number of aromatic amines is 1. The second-order valence-corrected chi connectivity index (χ2v) is 13.4. The van der Waals surface area contributed by atoms with Gasteiger partial charge in [-0.2, -0.15) is 0 Å². The van der Waals surface area contributed by atoms with Gasteiger partial charge in [0.2, 0.25) is 0 Å². The Morgan fingerprint density at radius 2 is 1.93 bits per heavy atom. The molecule has 0 spiro atoms. The van der Waals surface area contributed by atoms with Gasteiger partial charge in [0.25, 0.3) is 0 Å². The number of aliphatic hydroxyl groups is 2. The molecule has 5 atom stereocenters. The van der Waals surface area contributed by atoms with Crippen molar-refractivity contribution in [3.8, 4) is 23.3 Å². The van der Waals surface area contributed by atoms with E-state index in [0.717, 1.165) is 50.5 Å². The molecule has 5 rings (SSSR count). The molecule has 0 bridgehead atoms. The van der Waals surface area contributed by atoms with Crippen LogP contribution in [0, 0.1) is 29.6 Å². The van der Waals surface area contributed by atoms with Crippen molar-refractivity contribution in [1.82, 2.24) is 10.3 Å².